The molecule has 9 heteroatoms. The summed E-state index contributed by atoms with van der Waals surface area (Å²) in [4.78, 5) is 33.2. The molecule has 1 atom stereocenters. The summed E-state index contributed by atoms with van der Waals surface area (Å²) in [6, 6.07) is 14.5. The van der Waals surface area contributed by atoms with E-state index in [2.05, 4.69) is 5.32 Å². The van der Waals surface area contributed by atoms with Crippen LogP contribution in [0.5, 0.6) is 11.5 Å². The number of hydrogen-bond acceptors (Lipinski definition) is 8. The van der Waals surface area contributed by atoms with Crippen LogP contribution in [-0.2, 0) is 20.9 Å². The van der Waals surface area contributed by atoms with E-state index in [9.17, 15) is 9.59 Å². The summed E-state index contributed by atoms with van der Waals surface area (Å²) in [7, 11) is 3.18. The summed E-state index contributed by atoms with van der Waals surface area (Å²) >= 11 is 1.44. The fraction of sp³-hybridized carbons (Fsp3) is 0.345. The molecular weight excluding hydrogens is 502 g/mol. The third-order valence-corrected chi connectivity index (χ3v) is 7.68. The number of esters is 1. The van der Waals surface area contributed by atoms with Crippen LogP contribution < -0.4 is 14.8 Å². The van der Waals surface area contributed by atoms with Crippen molar-refractivity contribution >= 4 is 28.8 Å². The van der Waals surface area contributed by atoms with E-state index in [0.717, 1.165) is 16.8 Å². The van der Waals surface area contributed by atoms with Gasteiger partial charge in [0.25, 0.3) is 0 Å². The number of hydrogen-bond donors (Lipinski definition) is 1. The molecule has 2 heterocycles. The minimum atomic E-state index is -0.593. The van der Waals surface area contributed by atoms with E-state index >= 15 is 0 Å². The predicted molar refractivity (Wildman–Crippen MR) is 147 cm³/mol. The highest BCUT2D eigenvalue weighted by molar-refractivity contribution is 8.16. The molecule has 1 N–H and O–H groups in total. The van der Waals surface area contributed by atoms with Crippen LogP contribution in [0.4, 0.5) is 0 Å². The number of fused-ring (bicyclic) bond motifs is 1. The van der Waals surface area contributed by atoms with Crippen LogP contribution in [0.2, 0.25) is 0 Å². The van der Waals surface area contributed by atoms with Gasteiger partial charge in [-0.05, 0) is 48.8 Å². The molecule has 3 aliphatic rings. The van der Waals surface area contributed by atoms with Crippen molar-refractivity contribution in [1.29, 1.82) is 0 Å². The van der Waals surface area contributed by atoms with Gasteiger partial charge in [-0.25, -0.2) is 9.79 Å². The molecule has 38 heavy (non-hydrogen) atoms. The lowest BCUT2D eigenvalue weighted by molar-refractivity contribution is -0.141. The largest absolute Gasteiger partial charge is 0.497 e. The molecule has 198 valence electrons. The van der Waals surface area contributed by atoms with Crippen LogP contribution in [0.15, 0.2) is 75.9 Å². The summed E-state index contributed by atoms with van der Waals surface area (Å²) in [6.07, 6.45) is 2.51. The van der Waals surface area contributed by atoms with Gasteiger partial charge in [0.05, 0.1) is 38.0 Å². The lowest BCUT2D eigenvalue weighted by Gasteiger charge is -2.36. The summed E-state index contributed by atoms with van der Waals surface area (Å²) in [5, 5.41) is 5.68. The quantitative estimate of drug-likeness (QED) is 0.433. The summed E-state index contributed by atoms with van der Waals surface area (Å²) in [5.74, 6) is 1.27. The van der Waals surface area contributed by atoms with Crippen molar-refractivity contribution in [2.24, 2.45) is 10.9 Å². The van der Waals surface area contributed by atoms with Gasteiger partial charge in [0.2, 0.25) is 5.91 Å². The van der Waals surface area contributed by atoms with E-state index in [4.69, 9.17) is 19.2 Å². The molecule has 0 radical (unpaired) electrons. The molecule has 0 saturated heterocycles. The lowest BCUT2D eigenvalue weighted by atomic mass is 9.93. The SMILES string of the molecule is COc1ccc(C2C(C(=O)OCc3ccccc3)=C(C)N=C3SC=C(CC(=O)NCC4CC4)N32)c(OC)c1. The highest BCUT2D eigenvalue weighted by Gasteiger charge is 2.42. The Labute approximate surface area is 226 Å². The van der Waals surface area contributed by atoms with Crippen molar-refractivity contribution in [3.8, 4) is 11.5 Å². The molecule has 1 saturated carbocycles. The molecule has 8 nitrogen and oxygen atoms in total. The van der Waals surface area contributed by atoms with Crippen molar-refractivity contribution < 1.29 is 23.8 Å². The summed E-state index contributed by atoms with van der Waals surface area (Å²) in [6.45, 7) is 2.65. The van der Waals surface area contributed by atoms with Crippen molar-refractivity contribution in [2.45, 2.75) is 38.8 Å². The molecule has 0 aromatic heterocycles. The zero-order valence-electron chi connectivity index (χ0n) is 21.7. The van der Waals surface area contributed by atoms with Gasteiger partial charge in [0.15, 0.2) is 5.17 Å². The number of carbonyl (C=O) groups is 2. The van der Waals surface area contributed by atoms with Crippen LogP contribution in [-0.4, -0.2) is 42.7 Å². The Hall–Kier alpha value is -3.72. The van der Waals surface area contributed by atoms with Crippen molar-refractivity contribution in [2.75, 3.05) is 20.8 Å². The van der Waals surface area contributed by atoms with Crippen LogP contribution in [0, 0.1) is 5.92 Å². The van der Waals surface area contributed by atoms with E-state index < -0.39 is 12.0 Å². The highest BCUT2D eigenvalue weighted by atomic mass is 32.2. The molecular formula is C29H31N3O5S. The number of nitrogens with zero attached hydrogens (tertiary/aromatic N) is 2. The normalized spacial score (nSPS) is 18.4. The number of aliphatic imine (C=N–C) groups is 1. The first-order chi connectivity index (χ1) is 18.5. The third-order valence-electron chi connectivity index (χ3n) is 6.80. The zero-order valence-corrected chi connectivity index (χ0v) is 22.5. The number of methoxy groups -OCH3 is 2. The summed E-state index contributed by atoms with van der Waals surface area (Å²) < 4.78 is 16.9. The third kappa shape index (κ3) is 5.57. The Kier molecular flexibility index (Phi) is 7.74. The maximum absolute atomic E-state index is 13.6. The van der Waals surface area contributed by atoms with E-state index in [1.807, 2.05) is 59.7 Å². The Morgan fingerprint density at radius 3 is 2.61 bits per heavy atom. The number of amidine groups is 1. The number of nitrogens with one attached hydrogen (secondary N) is 1. The van der Waals surface area contributed by atoms with E-state index in [0.29, 0.717) is 40.4 Å². The maximum Gasteiger partial charge on any atom is 0.338 e. The number of carbonyl (C=O) groups excluding carboxylic acids is 2. The number of allylic oxidation sites excluding steroid dienone is 1. The van der Waals surface area contributed by atoms with Gasteiger partial charge in [-0.15, -0.1) is 0 Å². The van der Waals surface area contributed by atoms with Gasteiger partial charge in [0, 0.05) is 23.9 Å². The molecule has 2 aromatic rings. The standard InChI is InChI=1S/C29H31N3O5S/c1-18-26(28(34)37-16-20-7-5-4-6-8-20)27(23-12-11-22(35-2)14-24(23)36-3)32-21(17-38-29(32)31-18)13-25(33)30-15-19-9-10-19/h4-8,11-12,14,17,19,27H,9-10,13,15-16H2,1-3H3,(H,30,33). The first-order valence-electron chi connectivity index (χ1n) is 12.6. The number of thioether (sulfide) groups is 1. The Balaban J connectivity index is 1.49. The average molecular weight is 534 g/mol. The molecule has 1 fully saturated rings. The Morgan fingerprint density at radius 2 is 1.89 bits per heavy atom. The van der Waals surface area contributed by atoms with E-state index in [1.165, 1.54) is 24.6 Å². The molecule has 2 aromatic carbocycles. The minimum Gasteiger partial charge on any atom is -0.497 e. The molecule has 1 amide bonds. The predicted octanol–water partition coefficient (Wildman–Crippen LogP) is 4.94. The monoisotopic (exact) mass is 533 g/mol. The van der Waals surface area contributed by atoms with Crippen molar-refractivity contribution in [3.63, 3.8) is 0 Å². The minimum absolute atomic E-state index is 0.0510. The van der Waals surface area contributed by atoms with Gasteiger partial charge < -0.3 is 24.4 Å². The molecule has 2 aliphatic heterocycles. The van der Waals surface area contributed by atoms with Crippen LogP contribution >= 0.6 is 11.8 Å². The fourth-order valence-corrected chi connectivity index (χ4v) is 5.54. The average Bonchev–Trinajstić information content (AvgIpc) is 3.70. The molecule has 5 rings (SSSR count). The van der Waals surface area contributed by atoms with E-state index in [1.54, 1.807) is 20.3 Å². The number of ether oxygens (including phenoxy) is 3. The Bertz CT molecular complexity index is 1320. The number of amides is 1. The topological polar surface area (TPSA) is 89.5 Å². The molecule has 1 aliphatic carbocycles. The molecule has 1 unspecified atom stereocenters. The van der Waals surface area contributed by atoms with Crippen LogP contribution in [0.1, 0.15) is 43.4 Å². The van der Waals surface area contributed by atoms with Gasteiger partial charge in [-0.2, -0.15) is 0 Å². The highest BCUT2D eigenvalue weighted by Crippen LogP contribution is 2.47. The molecule has 0 bridgehead atoms. The van der Waals surface area contributed by atoms with E-state index in [-0.39, 0.29) is 18.9 Å². The number of benzene rings is 2. The van der Waals surface area contributed by atoms with Crippen LogP contribution in [0.3, 0.4) is 0 Å². The second-order valence-electron chi connectivity index (χ2n) is 9.49. The van der Waals surface area contributed by atoms with Crippen molar-refractivity contribution in [3.05, 3.63) is 82.0 Å². The fourth-order valence-electron chi connectivity index (χ4n) is 4.58. The Morgan fingerprint density at radius 1 is 1.11 bits per heavy atom. The molecule has 0 spiro atoms. The summed E-state index contributed by atoms with van der Waals surface area (Å²) in [5.41, 5.74) is 3.38. The van der Waals surface area contributed by atoms with Gasteiger partial charge >= 0.3 is 5.97 Å². The maximum atomic E-state index is 13.6. The zero-order chi connectivity index (χ0) is 26.6. The first-order valence-corrected chi connectivity index (χ1v) is 13.5. The lowest BCUT2D eigenvalue weighted by Crippen LogP contribution is -2.38. The first kappa shape index (κ1) is 25.9. The second-order valence-corrected chi connectivity index (χ2v) is 10.3. The van der Waals surface area contributed by atoms with Crippen molar-refractivity contribution in [1.82, 2.24) is 10.2 Å². The second kappa shape index (κ2) is 11.3. The number of rotatable bonds is 10. The van der Waals surface area contributed by atoms with Gasteiger partial charge in [-0.1, -0.05) is 42.1 Å². The van der Waals surface area contributed by atoms with Crippen LogP contribution in [0.25, 0.3) is 0 Å². The smallest absolute Gasteiger partial charge is 0.338 e. The van der Waals surface area contributed by atoms with Gasteiger partial charge in [-0.3, -0.25) is 4.79 Å². The van der Waals surface area contributed by atoms with Gasteiger partial charge in [0.1, 0.15) is 18.1 Å².